The maximum Gasteiger partial charge on any atom is 0.0821 e. The van der Waals surface area contributed by atoms with E-state index >= 15 is 0 Å². The number of hydrogen-bond donors (Lipinski definition) is 2. The molecule has 0 amide bonds. The van der Waals surface area contributed by atoms with Crippen LogP contribution in [0, 0.1) is 5.41 Å². The first kappa shape index (κ1) is 20.5. The standard InChI is InChI=1S/C26H32N2O4/c27-19-5-1-17(2-6-19)26(12-24-16-32-24,18-3-7-20(28)8-4-18)25(9-21-13-29-21,10-22-14-30-22)11-23-15-31-23/h1-8,21-24H,9-16,27-28H2. The summed E-state index contributed by atoms with van der Waals surface area (Å²) >= 11 is 0. The van der Waals surface area contributed by atoms with E-state index in [4.69, 9.17) is 30.4 Å². The molecule has 0 aliphatic carbocycles. The number of hydrogen-bond acceptors (Lipinski definition) is 6. The lowest BCUT2D eigenvalue weighted by Gasteiger charge is -2.52. The van der Waals surface area contributed by atoms with Crippen molar-refractivity contribution < 1.29 is 18.9 Å². The molecular weight excluding hydrogens is 404 g/mol. The largest absolute Gasteiger partial charge is 0.399 e. The predicted molar refractivity (Wildman–Crippen MR) is 122 cm³/mol. The quantitative estimate of drug-likeness (QED) is 0.414. The molecule has 0 aromatic heterocycles. The fourth-order valence-corrected chi connectivity index (χ4v) is 5.93. The zero-order valence-electron chi connectivity index (χ0n) is 18.4. The van der Waals surface area contributed by atoms with Gasteiger partial charge in [-0.1, -0.05) is 24.3 Å². The third kappa shape index (κ3) is 4.01. The van der Waals surface area contributed by atoms with Gasteiger partial charge in [-0.25, -0.2) is 0 Å². The molecule has 6 nitrogen and oxygen atoms in total. The average molecular weight is 437 g/mol. The molecule has 4 atom stereocenters. The maximum atomic E-state index is 6.12. The monoisotopic (exact) mass is 436 g/mol. The van der Waals surface area contributed by atoms with Crippen LogP contribution in [0.2, 0.25) is 0 Å². The van der Waals surface area contributed by atoms with Gasteiger partial charge in [0, 0.05) is 16.8 Å². The molecule has 6 heteroatoms. The Balaban J connectivity index is 1.57. The van der Waals surface area contributed by atoms with E-state index in [1.54, 1.807) is 0 Å². The summed E-state index contributed by atoms with van der Waals surface area (Å²) < 4.78 is 23.4. The molecule has 170 valence electrons. The first-order valence-corrected chi connectivity index (χ1v) is 11.7. The lowest BCUT2D eigenvalue weighted by molar-refractivity contribution is 0.0593. The Hall–Kier alpha value is -2.12. The molecule has 4 fully saturated rings. The van der Waals surface area contributed by atoms with Gasteiger partial charge in [-0.2, -0.15) is 0 Å². The molecule has 0 spiro atoms. The summed E-state index contributed by atoms with van der Waals surface area (Å²) in [6.45, 7) is 3.30. The molecule has 4 N–H and O–H groups in total. The number of ether oxygens (including phenoxy) is 4. The summed E-state index contributed by atoms with van der Waals surface area (Å²) in [5.41, 5.74) is 15.9. The van der Waals surface area contributed by atoms with E-state index in [9.17, 15) is 0 Å². The molecule has 4 aliphatic heterocycles. The first-order valence-electron chi connectivity index (χ1n) is 11.7. The van der Waals surface area contributed by atoms with Gasteiger partial charge in [0.2, 0.25) is 0 Å². The van der Waals surface area contributed by atoms with Crippen molar-refractivity contribution in [2.75, 3.05) is 37.9 Å². The van der Waals surface area contributed by atoms with E-state index in [0.717, 1.165) is 63.5 Å². The van der Waals surface area contributed by atoms with E-state index in [1.165, 1.54) is 11.1 Å². The third-order valence-corrected chi connectivity index (χ3v) is 7.71. The van der Waals surface area contributed by atoms with Gasteiger partial charge in [0.1, 0.15) is 0 Å². The lowest BCUT2D eigenvalue weighted by Crippen LogP contribution is -2.50. The van der Waals surface area contributed by atoms with E-state index in [-0.39, 0.29) is 35.2 Å². The van der Waals surface area contributed by atoms with Crippen LogP contribution >= 0.6 is 0 Å². The summed E-state index contributed by atoms with van der Waals surface area (Å²) in [6, 6.07) is 16.9. The van der Waals surface area contributed by atoms with Gasteiger partial charge in [0.15, 0.2) is 0 Å². The van der Waals surface area contributed by atoms with Crippen molar-refractivity contribution >= 4 is 11.4 Å². The van der Waals surface area contributed by atoms with Gasteiger partial charge in [0.25, 0.3) is 0 Å². The van der Waals surface area contributed by atoms with E-state index < -0.39 is 0 Å². The van der Waals surface area contributed by atoms with Gasteiger partial charge in [0.05, 0.1) is 50.8 Å². The Morgan fingerprint density at radius 3 is 1.19 bits per heavy atom. The molecule has 0 bridgehead atoms. The van der Waals surface area contributed by atoms with Crippen LogP contribution < -0.4 is 11.5 Å². The molecule has 4 aliphatic rings. The molecule has 2 aromatic rings. The van der Waals surface area contributed by atoms with Gasteiger partial charge in [-0.3, -0.25) is 0 Å². The maximum absolute atomic E-state index is 6.12. The van der Waals surface area contributed by atoms with Gasteiger partial charge in [-0.05, 0) is 66.5 Å². The SMILES string of the molecule is Nc1ccc(C(CC2CO2)(c2ccc(N)cc2)C(CC2CO2)(CC2CO2)CC2CO2)cc1. The average Bonchev–Trinajstić information content (AvgIpc) is 3.61. The molecule has 6 rings (SSSR count). The molecule has 2 aromatic carbocycles. The fraction of sp³-hybridized carbons (Fsp3) is 0.538. The number of nitrogens with two attached hydrogens (primary N) is 2. The van der Waals surface area contributed by atoms with Crippen molar-refractivity contribution in [1.29, 1.82) is 0 Å². The summed E-state index contributed by atoms with van der Waals surface area (Å²) in [5, 5.41) is 0. The molecular formula is C26H32N2O4. The second-order valence-corrected chi connectivity index (χ2v) is 10.1. The zero-order valence-corrected chi connectivity index (χ0v) is 18.4. The Kier molecular flexibility index (Phi) is 4.95. The van der Waals surface area contributed by atoms with Crippen molar-refractivity contribution in [2.45, 2.75) is 55.5 Å². The smallest absolute Gasteiger partial charge is 0.0821 e. The Morgan fingerprint density at radius 1 is 0.562 bits per heavy atom. The minimum atomic E-state index is -0.292. The van der Waals surface area contributed by atoms with Crippen molar-refractivity contribution in [3.8, 4) is 0 Å². The van der Waals surface area contributed by atoms with Crippen LogP contribution in [0.25, 0.3) is 0 Å². The number of nitrogen functional groups attached to an aromatic ring is 2. The van der Waals surface area contributed by atoms with E-state index in [2.05, 4.69) is 24.3 Å². The summed E-state index contributed by atoms with van der Waals surface area (Å²) in [5.74, 6) is 0. The summed E-state index contributed by atoms with van der Waals surface area (Å²) in [6.07, 6.45) is 4.95. The lowest BCUT2D eigenvalue weighted by atomic mass is 9.50. The van der Waals surface area contributed by atoms with E-state index in [1.807, 2.05) is 24.3 Å². The number of anilines is 2. The minimum Gasteiger partial charge on any atom is -0.399 e. The highest BCUT2D eigenvalue weighted by Crippen LogP contribution is 2.61. The van der Waals surface area contributed by atoms with Crippen molar-refractivity contribution in [2.24, 2.45) is 5.41 Å². The van der Waals surface area contributed by atoms with Crippen LogP contribution in [0.3, 0.4) is 0 Å². The number of epoxide rings is 4. The molecule has 0 saturated carbocycles. The zero-order chi connectivity index (χ0) is 21.8. The van der Waals surface area contributed by atoms with Crippen LogP contribution in [0.4, 0.5) is 11.4 Å². The van der Waals surface area contributed by atoms with Crippen LogP contribution in [-0.4, -0.2) is 50.8 Å². The minimum absolute atomic E-state index is 0.102. The second kappa shape index (κ2) is 7.73. The topological polar surface area (TPSA) is 102 Å². The highest BCUT2D eigenvalue weighted by Gasteiger charge is 2.60. The highest BCUT2D eigenvalue weighted by molar-refractivity contribution is 5.51. The first-order chi connectivity index (χ1) is 15.6. The van der Waals surface area contributed by atoms with Gasteiger partial charge >= 0.3 is 0 Å². The van der Waals surface area contributed by atoms with Crippen molar-refractivity contribution in [1.82, 2.24) is 0 Å². The van der Waals surface area contributed by atoms with Gasteiger partial charge in [-0.15, -0.1) is 0 Å². The number of benzene rings is 2. The Bertz CT molecular complexity index is 863. The molecule has 32 heavy (non-hydrogen) atoms. The molecule has 4 saturated heterocycles. The van der Waals surface area contributed by atoms with Crippen LogP contribution in [0.1, 0.15) is 36.8 Å². The number of rotatable bonds is 11. The van der Waals surface area contributed by atoms with Gasteiger partial charge < -0.3 is 30.4 Å². The molecule has 4 unspecified atom stereocenters. The van der Waals surface area contributed by atoms with Crippen molar-refractivity contribution in [3.63, 3.8) is 0 Å². The second-order valence-electron chi connectivity index (χ2n) is 10.1. The molecule has 4 heterocycles. The van der Waals surface area contributed by atoms with E-state index in [0.29, 0.717) is 0 Å². The Labute approximate surface area is 189 Å². The highest BCUT2D eigenvalue weighted by atomic mass is 16.6. The van der Waals surface area contributed by atoms with Crippen LogP contribution in [0.15, 0.2) is 48.5 Å². The Morgan fingerprint density at radius 2 is 0.875 bits per heavy atom. The normalized spacial score (nSPS) is 29.9. The van der Waals surface area contributed by atoms with Crippen LogP contribution in [-0.2, 0) is 24.4 Å². The summed E-state index contributed by atoms with van der Waals surface area (Å²) in [7, 11) is 0. The third-order valence-electron chi connectivity index (χ3n) is 7.71. The summed E-state index contributed by atoms with van der Waals surface area (Å²) in [4.78, 5) is 0. The fourth-order valence-electron chi connectivity index (χ4n) is 5.93. The van der Waals surface area contributed by atoms with Crippen molar-refractivity contribution in [3.05, 3.63) is 59.7 Å². The predicted octanol–water partition coefficient (Wildman–Crippen LogP) is 3.28. The van der Waals surface area contributed by atoms with Crippen LogP contribution in [0.5, 0.6) is 0 Å². The molecule has 0 radical (unpaired) electrons.